The summed E-state index contributed by atoms with van der Waals surface area (Å²) in [5.74, 6) is -1.76. The van der Waals surface area contributed by atoms with E-state index in [1.54, 1.807) is 36.4 Å². The number of benzene rings is 1. The first-order chi connectivity index (χ1) is 8.98. The fourth-order valence-electron chi connectivity index (χ4n) is 1.63. The van der Waals surface area contributed by atoms with Crippen LogP contribution in [0.3, 0.4) is 0 Å². The van der Waals surface area contributed by atoms with Gasteiger partial charge in [-0.25, -0.2) is 0 Å². The number of hydrogen-bond donors (Lipinski definition) is 1. The molecule has 0 aliphatic carbocycles. The van der Waals surface area contributed by atoms with Crippen LogP contribution in [0.1, 0.15) is 17.4 Å². The molecule has 2 rings (SSSR count). The van der Waals surface area contributed by atoms with Gasteiger partial charge < -0.3 is 9.73 Å². The molecule has 1 heterocycles. The molecule has 1 aromatic heterocycles. The van der Waals surface area contributed by atoms with Crippen molar-refractivity contribution in [3.05, 3.63) is 60.1 Å². The molecular formula is C13H10F3NO2. The van der Waals surface area contributed by atoms with Gasteiger partial charge >= 0.3 is 12.1 Å². The van der Waals surface area contributed by atoms with E-state index in [1.807, 2.05) is 5.32 Å². The normalized spacial score (nSPS) is 13.0. The number of carbonyl (C=O) groups is 1. The van der Waals surface area contributed by atoms with Crippen molar-refractivity contribution in [3.63, 3.8) is 0 Å². The number of rotatable bonds is 3. The molecule has 0 saturated heterocycles. The van der Waals surface area contributed by atoms with E-state index >= 15 is 0 Å². The van der Waals surface area contributed by atoms with Crippen molar-refractivity contribution < 1.29 is 22.4 Å². The smallest absolute Gasteiger partial charge is 0.467 e. The average molecular weight is 269 g/mol. The highest BCUT2D eigenvalue weighted by Crippen LogP contribution is 2.24. The van der Waals surface area contributed by atoms with Crippen molar-refractivity contribution in [3.8, 4) is 0 Å². The fraction of sp³-hybridized carbons (Fsp3) is 0.154. The molecule has 0 radical (unpaired) electrons. The lowest BCUT2D eigenvalue weighted by molar-refractivity contribution is -0.174. The monoisotopic (exact) mass is 269 g/mol. The fourth-order valence-corrected chi connectivity index (χ4v) is 1.63. The topological polar surface area (TPSA) is 42.2 Å². The zero-order valence-corrected chi connectivity index (χ0v) is 9.65. The Labute approximate surface area is 107 Å². The van der Waals surface area contributed by atoms with Gasteiger partial charge in [-0.1, -0.05) is 30.3 Å². The van der Waals surface area contributed by atoms with Gasteiger partial charge in [-0.05, 0) is 17.7 Å². The molecule has 0 aliphatic heterocycles. The molecule has 0 bridgehead atoms. The number of alkyl halides is 3. The predicted octanol–water partition coefficient (Wildman–Crippen LogP) is 3.05. The Morgan fingerprint density at radius 3 is 2.32 bits per heavy atom. The van der Waals surface area contributed by atoms with Gasteiger partial charge in [-0.3, -0.25) is 4.79 Å². The minimum Gasteiger partial charge on any atom is -0.467 e. The number of nitrogens with one attached hydrogen (secondary N) is 1. The zero-order valence-electron chi connectivity index (χ0n) is 9.65. The van der Waals surface area contributed by atoms with Gasteiger partial charge in [0, 0.05) is 0 Å². The molecule has 0 spiro atoms. The van der Waals surface area contributed by atoms with Crippen LogP contribution in [0.15, 0.2) is 53.1 Å². The molecular weight excluding hydrogens is 259 g/mol. The maximum atomic E-state index is 12.3. The molecule has 1 unspecified atom stereocenters. The van der Waals surface area contributed by atoms with E-state index in [4.69, 9.17) is 4.42 Å². The Hall–Kier alpha value is -2.24. The molecule has 19 heavy (non-hydrogen) atoms. The first-order valence-electron chi connectivity index (χ1n) is 5.44. The quantitative estimate of drug-likeness (QED) is 0.930. The van der Waals surface area contributed by atoms with E-state index in [1.165, 1.54) is 12.3 Å². The van der Waals surface area contributed by atoms with Gasteiger partial charge in [0.2, 0.25) is 0 Å². The van der Waals surface area contributed by atoms with Gasteiger partial charge in [0.05, 0.1) is 6.26 Å². The predicted molar refractivity (Wildman–Crippen MR) is 61.2 cm³/mol. The summed E-state index contributed by atoms with van der Waals surface area (Å²) in [5.41, 5.74) is 0.509. The number of amides is 1. The Kier molecular flexibility index (Phi) is 3.59. The second kappa shape index (κ2) is 5.17. The van der Waals surface area contributed by atoms with Gasteiger partial charge in [0.15, 0.2) is 0 Å². The summed E-state index contributed by atoms with van der Waals surface area (Å²) in [5, 5.41) is 1.92. The molecule has 1 atom stereocenters. The Morgan fingerprint density at radius 1 is 1.11 bits per heavy atom. The molecule has 6 heteroatoms. The average Bonchev–Trinajstić information content (AvgIpc) is 2.89. The Balaban J connectivity index is 2.29. The van der Waals surface area contributed by atoms with Gasteiger partial charge in [-0.15, -0.1) is 0 Å². The van der Waals surface area contributed by atoms with Crippen LogP contribution in [0, 0.1) is 0 Å². The van der Waals surface area contributed by atoms with Crippen molar-refractivity contribution in [1.29, 1.82) is 0 Å². The van der Waals surface area contributed by atoms with E-state index in [0.29, 0.717) is 5.56 Å². The van der Waals surface area contributed by atoms with Crippen LogP contribution < -0.4 is 5.32 Å². The molecule has 0 fully saturated rings. The lowest BCUT2D eigenvalue weighted by atomic mass is 10.0. The molecule has 3 nitrogen and oxygen atoms in total. The van der Waals surface area contributed by atoms with Crippen LogP contribution in [0.25, 0.3) is 0 Å². The van der Waals surface area contributed by atoms with Gasteiger partial charge in [0.25, 0.3) is 0 Å². The summed E-state index contributed by atoms with van der Waals surface area (Å²) in [4.78, 5) is 11.1. The number of furan rings is 1. The van der Waals surface area contributed by atoms with Crippen LogP contribution in [-0.4, -0.2) is 12.1 Å². The number of halogens is 3. The summed E-state index contributed by atoms with van der Waals surface area (Å²) in [7, 11) is 0. The summed E-state index contributed by atoms with van der Waals surface area (Å²) < 4.78 is 42.1. The molecule has 1 aromatic carbocycles. The molecule has 1 N–H and O–H groups in total. The first-order valence-corrected chi connectivity index (χ1v) is 5.44. The largest absolute Gasteiger partial charge is 0.471 e. The second-order valence-corrected chi connectivity index (χ2v) is 3.83. The summed E-state index contributed by atoms with van der Waals surface area (Å²) >= 11 is 0. The molecule has 2 aromatic rings. The lowest BCUT2D eigenvalue weighted by Gasteiger charge is -2.18. The van der Waals surface area contributed by atoms with E-state index in [0.717, 1.165) is 0 Å². The van der Waals surface area contributed by atoms with Crippen molar-refractivity contribution in [2.45, 2.75) is 12.2 Å². The lowest BCUT2D eigenvalue weighted by Crippen LogP contribution is -2.39. The van der Waals surface area contributed by atoms with E-state index in [2.05, 4.69) is 0 Å². The number of carbonyl (C=O) groups excluding carboxylic acids is 1. The Bertz CT molecular complexity index is 535. The van der Waals surface area contributed by atoms with Gasteiger partial charge in [-0.2, -0.15) is 13.2 Å². The Morgan fingerprint density at radius 2 is 1.79 bits per heavy atom. The summed E-state index contributed by atoms with van der Waals surface area (Å²) in [6.45, 7) is 0. The first kappa shape index (κ1) is 13.2. The zero-order chi connectivity index (χ0) is 13.9. The van der Waals surface area contributed by atoms with Crippen molar-refractivity contribution in [2.75, 3.05) is 0 Å². The van der Waals surface area contributed by atoms with Crippen LogP contribution in [-0.2, 0) is 4.79 Å². The van der Waals surface area contributed by atoms with E-state index < -0.39 is 18.1 Å². The minimum absolute atomic E-state index is 0.240. The van der Waals surface area contributed by atoms with Crippen LogP contribution >= 0.6 is 0 Å². The third-order valence-corrected chi connectivity index (χ3v) is 2.49. The SMILES string of the molecule is O=C(NC(c1ccccc1)c1ccco1)C(F)(F)F. The number of hydrogen-bond acceptors (Lipinski definition) is 2. The van der Waals surface area contributed by atoms with Gasteiger partial charge in [0.1, 0.15) is 11.8 Å². The van der Waals surface area contributed by atoms with Crippen LogP contribution in [0.4, 0.5) is 13.2 Å². The standard InChI is InChI=1S/C13H10F3NO2/c14-13(15,16)12(18)17-11(10-7-4-8-19-10)9-5-2-1-3-6-9/h1-8,11H,(H,17,18). The van der Waals surface area contributed by atoms with E-state index in [-0.39, 0.29) is 5.76 Å². The molecule has 0 saturated carbocycles. The van der Waals surface area contributed by atoms with Crippen molar-refractivity contribution in [2.24, 2.45) is 0 Å². The van der Waals surface area contributed by atoms with Crippen LogP contribution in [0.2, 0.25) is 0 Å². The third-order valence-electron chi connectivity index (χ3n) is 2.49. The van der Waals surface area contributed by atoms with Crippen molar-refractivity contribution in [1.82, 2.24) is 5.32 Å². The summed E-state index contributed by atoms with van der Waals surface area (Å²) in [6.07, 6.45) is -3.59. The maximum Gasteiger partial charge on any atom is 0.471 e. The maximum absolute atomic E-state index is 12.3. The van der Waals surface area contributed by atoms with E-state index in [9.17, 15) is 18.0 Å². The van der Waals surface area contributed by atoms with Crippen molar-refractivity contribution >= 4 is 5.91 Å². The minimum atomic E-state index is -4.93. The second-order valence-electron chi connectivity index (χ2n) is 3.83. The molecule has 1 amide bonds. The van der Waals surface area contributed by atoms with Crippen LogP contribution in [0.5, 0.6) is 0 Å². The highest BCUT2D eigenvalue weighted by molar-refractivity contribution is 5.82. The molecule has 100 valence electrons. The summed E-state index contributed by atoms with van der Waals surface area (Å²) in [6, 6.07) is 10.4. The molecule has 0 aliphatic rings. The third kappa shape index (κ3) is 3.15. The highest BCUT2D eigenvalue weighted by atomic mass is 19.4. The highest BCUT2D eigenvalue weighted by Gasteiger charge is 2.40.